The van der Waals surface area contributed by atoms with Crippen molar-refractivity contribution in [3.63, 3.8) is 0 Å². The summed E-state index contributed by atoms with van der Waals surface area (Å²) < 4.78 is 5.88. The van der Waals surface area contributed by atoms with Gasteiger partial charge in [0.05, 0.1) is 19.4 Å². The second-order valence-corrected chi connectivity index (χ2v) is 12.3. The fourth-order valence-corrected chi connectivity index (χ4v) is 8.88. The third-order valence-corrected chi connectivity index (χ3v) is 10.8. The second-order valence-electron chi connectivity index (χ2n) is 8.69. The van der Waals surface area contributed by atoms with Gasteiger partial charge in [-0.2, -0.15) is 0 Å². The van der Waals surface area contributed by atoms with Crippen LogP contribution in [0.5, 0.6) is 0 Å². The topological polar surface area (TPSA) is 9.23 Å². The van der Waals surface area contributed by atoms with Crippen LogP contribution < -0.4 is 39.9 Å². The maximum Gasteiger partial charge on any atom is 0.112 e. The number of rotatable bonds is 11. The first-order chi connectivity index (χ1) is 16.8. The zero-order valence-corrected chi connectivity index (χ0v) is 23.4. The van der Waals surface area contributed by atoms with Gasteiger partial charge in [-0.3, -0.25) is 0 Å². The van der Waals surface area contributed by atoms with Gasteiger partial charge in [0.15, 0.2) is 0 Å². The summed E-state index contributed by atoms with van der Waals surface area (Å²) >= 11 is 0. The van der Waals surface area contributed by atoms with Gasteiger partial charge in [-0.1, -0.05) is 96.6 Å². The van der Waals surface area contributed by atoms with E-state index < -0.39 is 7.26 Å². The van der Waals surface area contributed by atoms with E-state index in [2.05, 4.69) is 128 Å². The Bertz CT molecular complexity index is 1050. The molecule has 35 heavy (non-hydrogen) atoms. The van der Waals surface area contributed by atoms with E-state index in [1.54, 1.807) is 0 Å². The lowest BCUT2D eigenvalue weighted by Crippen LogP contribution is -3.00. The van der Waals surface area contributed by atoms with Gasteiger partial charge in [-0.25, -0.2) is 0 Å². The average Bonchev–Trinajstić information content (AvgIpc) is 2.91. The van der Waals surface area contributed by atoms with E-state index >= 15 is 0 Å². The van der Waals surface area contributed by atoms with E-state index in [4.69, 9.17) is 4.74 Å². The zero-order chi connectivity index (χ0) is 23.5. The minimum Gasteiger partial charge on any atom is -1.00 e. The molecule has 0 aliphatic heterocycles. The van der Waals surface area contributed by atoms with Crippen molar-refractivity contribution in [1.29, 1.82) is 0 Å². The van der Waals surface area contributed by atoms with Crippen molar-refractivity contribution < 1.29 is 28.7 Å². The molecule has 0 N–H and O–H groups in total. The zero-order valence-electron chi connectivity index (χ0n) is 20.4. The standard InChI is InChI=1S/C32H34OP.HI/c1-28(24-25-33-27-29-16-6-2-7-17-29)15-14-26-34(30-18-8-3-9-19-30,31-20-10-4-11-21-31)32-22-12-5-13-23-32;/h2-13,16-24H,14-15,25-27H2,1H3;1H/q+1;/p-1/b28-24-;. The normalized spacial score (nSPS) is 11.6. The Balaban J connectivity index is 0.00000342. The third kappa shape index (κ3) is 7.36. The monoisotopic (exact) mass is 592 g/mol. The van der Waals surface area contributed by atoms with Gasteiger partial charge >= 0.3 is 0 Å². The maximum atomic E-state index is 5.88. The molecule has 0 heterocycles. The van der Waals surface area contributed by atoms with E-state index in [9.17, 15) is 0 Å². The van der Waals surface area contributed by atoms with E-state index in [1.807, 2.05) is 6.07 Å². The van der Waals surface area contributed by atoms with Gasteiger partial charge in [0.1, 0.15) is 23.2 Å². The van der Waals surface area contributed by atoms with Crippen molar-refractivity contribution in [1.82, 2.24) is 0 Å². The quantitative estimate of drug-likeness (QED) is 0.111. The Kier molecular flexibility index (Phi) is 11.2. The molecule has 0 radical (unpaired) electrons. The van der Waals surface area contributed by atoms with Crippen molar-refractivity contribution in [2.24, 2.45) is 0 Å². The molecule has 0 atom stereocenters. The second kappa shape index (κ2) is 14.3. The first-order valence-electron chi connectivity index (χ1n) is 12.1. The highest BCUT2D eigenvalue weighted by atomic mass is 127. The molecular weight excluding hydrogens is 558 g/mol. The molecule has 4 aromatic carbocycles. The lowest BCUT2D eigenvalue weighted by molar-refractivity contribution is -0.00000721. The van der Waals surface area contributed by atoms with Crippen LogP contribution in [-0.4, -0.2) is 12.8 Å². The molecule has 1 nitrogen and oxygen atoms in total. The van der Waals surface area contributed by atoms with Gasteiger partial charge in [0.2, 0.25) is 0 Å². The molecular formula is C32H34IOP. The summed E-state index contributed by atoms with van der Waals surface area (Å²) in [6, 6.07) is 43.8. The van der Waals surface area contributed by atoms with Crippen LogP contribution in [0.1, 0.15) is 25.3 Å². The van der Waals surface area contributed by atoms with Crippen LogP contribution in [0.2, 0.25) is 0 Å². The molecule has 0 aliphatic carbocycles. The summed E-state index contributed by atoms with van der Waals surface area (Å²) in [7, 11) is -1.74. The van der Waals surface area contributed by atoms with Crippen LogP contribution in [0.25, 0.3) is 0 Å². The molecule has 4 rings (SSSR count). The number of hydrogen-bond acceptors (Lipinski definition) is 1. The van der Waals surface area contributed by atoms with Gasteiger partial charge < -0.3 is 28.7 Å². The SMILES string of the molecule is C/C(=C/COCc1ccccc1)CCC[P+](c1ccccc1)(c1ccccc1)c1ccccc1.[I-]. The van der Waals surface area contributed by atoms with E-state index in [0.717, 1.165) is 19.0 Å². The first-order valence-corrected chi connectivity index (χ1v) is 14.1. The van der Waals surface area contributed by atoms with Crippen molar-refractivity contribution in [2.45, 2.75) is 26.4 Å². The van der Waals surface area contributed by atoms with Crippen LogP contribution in [0.3, 0.4) is 0 Å². The summed E-state index contributed by atoms with van der Waals surface area (Å²) in [5.41, 5.74) is 2.62. The highest BCUT2D eigenvalue weighted by Gasteiger charge is 2.44. The van der Waals surface area contributed by atoms with Crippen LogP contribution in [0, 0.1) is 0 Å². The Morgan fingerprint density at radius 3 is 1.54 bits per heavy atom. The summed E-state index contributed by atoms with van der Waals surface area (Å²) in [5.74, 6) is 0. The molecule has 0 saturated heterocycles. The molecule has 0 amide bonds. The molecule has 0 fully saturated rings. The fourth-order valence-electron chi connectivity index (χ4n) is 4.53. The summed E-state index contributed by atoms with van der Waals surface area (Å²) in [4.78, 5) is 0. The number of benzene rings is 4. The first kappa shape index (κ1) is 27.3. The van der Waals surface area contributed by atoms with Crippen molar-refractivity contribution >= 4 is 23.2 Å². The molecule has 0 aliphatic rings. The predicted octanol–water partition coefficient (Wildman–Crippen LogP) is 3.93. The summed E-state index contributed by atoms with van der Waals surface area (Å²) in [6.07, 6.45) is 5.63. The van der Waals surface area contributed by atoms with Gasteiger partial charge in [-0.05, 0) is 61.7 Å². The molecule has 0 spiro atoms. The number of hydrogen-bond donors (Lipinski definition) is 0. The van der Waals surface area contributed by atoms with Crippen LogP contribution in [0.4, 0.5) is 0 Å². The van der Waals surface area contributed by atoms with Gasteiger partial charge in [0.25, 0.3) is 0 Å². The van der Waals surface area contributed by atoms with E-state index in [1.165, 1.54) is 27.1 Å². The number of ether oxygens (including phenoxy) is 1. The van der Waals surface area contributed by atoms with Crippen molar-refractivity contribution in [3.8, 4) is 0 Å². The Hall–Kier alpha value is -2.26. The molecule has 180 valence electrons. The number of halogens is 1. The molecule has 4 aromatic rings. The molecule has 0 saturated carbocycles. The number of allylic oxidation sites excluding steroid dienone is 1. The highest BCUT2D eigenvalue weighted by Crippen LogP contribution is 2.56. The Labute approximate surface area is 228 Å². The largest absolute Gasteiger partial charge is 1.00 e. The summed E-state index contributed by atoms with van der Waals surface area (Å²) in [6.45, 7) is 3.56. The predicted molar refractivity (Wildman–Crippen MR) is 149 cm³/mol. The van der Waals surface area contributed by atoms with Gasteiger partial charge in [-0.15, -0.1) is 0 Å². The van der Waals surface area contributed by atoms with Crippen LogP contribution in [0.15, 0.2) is 133 Å². The van der Waals surface area contributed by atoms with Crippen LogP contribution in [-0.2, 0) is 11.3 Å². The summed E-state index contributed by atoms with van der Waals surface area (Å²) in [5, 5.41) is 4.38. The highest BCUT2D eigenvalue weighted by molar-refractivity contribution is 7.95. The molecule has 0 bridgehead atoms. The lowest BCUT2D eigenvalue weighted by Gasteiger charge is -2.27. The Morgan fingerprint density at radius 2 is 1.09 bits per heavy atom. The fraction of sp³-hybridized carbons (Fsp3) is 0.188. The minimum absolute atomic E-state index is 0. The average molecular weight is 593 g/mol. The molecule has 0 aromatic heterocycles. The third-order valence-electron chi connectivity index (χ3n) is 6.32. The van der Waals surface area contributed by atoms with E-state index in [0.29, 0.717) is 13.2 Å². The minimum atomic E-state index is -1.74. The van der Waals surface area contributed by atoms with Gasteiger partial charge in [0, 0.05) is 0 Å². The van der Waals surface area contributed by atoms with Crippen molar-refractivity contribution in [2.75, 3.05) is 12.8 Å². The molecule has 3 heteroatoms. The maximum absolute atomic E-state index is 5.88. The van der Waals surface area contributed by atoms with Crippen molar-refractivity contribution in [3.05, 3.63) is 139 Å². The molecule has 0 unspecified atom stereocenters. The lowest BCUT2D eigenvalue weighted by atomic mass is 10.2. The van der Waals surface area contributed by atoms with E-state index in [-0.39, 0.29) is 24.0 Å². The smallest absolute Gasteiger partial charge is 0.112 e. The Morgan fingerprint density at radius 1 is 0.657 bits per heavy atom. The van der Waals surface area contributed by atoms with Crippen LogP contribution >= 0.6 is 7.26 Å².